The lowest BCUT2D eigenvalue weighted by Gasteiger charge is -2.20. The predicted molar refractivity (Wildman–Crippen MR) is 107 cm³/mol. The monoisotopic (exact) mass is 390 g/mol. The fraction of sp³-hybridized carbons (Fsp3) is 0.476. The van der Waals surface area contributed by atoms with E-state index in [9.17, 15) is 14.4 Å². The number of carbonyl (C=O) groups excluding carboxylic acids is 3. The van der Waals surface area contributed by atoms with Gasteiger partial charge in [0.2, 0.25) is 0 Å². The summed E-state index contributed by atoms with van der Waals surface area (Å²) in [5.41, 5.74) is 1.25. The summed E-state index contributed by atoms with van der Waals surface area (Å²) in [5, 5.41) is 2.48. The Labute approximate surface area is 166 Å². The van der Waals surface area contributed by atoms with E-state index >= 15 is 0 Å². The third-order valence-electron chi connectivity index (χ3n) is 3.83. The smallest absolute Gasteiger partial charge is 0.325 e. The molecule has 0 bridgehead atoms. The van der Waals surface area contributed by atoms with E-state index in [1.807, 2.05) is 13.8 Å². The van der Waals surface area contributed by atoms with Crippen molar-refractivity contribution in [3.63, 3.8) is 0 Å². The molecule has 28 heavy (non-hydrogen) atoms. The number of unbranched alkanes of at least 4 members (excludes halogenated alkanes) is 1. The number of nitrogens with one attached hydrogen (secondary N) is 1. The highest BCUT2D eigenvalue weighted by Gasteiger charge is 2.15. The molecule has 1 aromatic carbocycles. The second kappa shape index (κ2) is 12.5. The molecule has 0 fully saturated rings. The van der Waals surface area contributed by atoms with E-state index in [1.165, 1.54) is 0 Å². The molecular formula is C21H30N2O5. The van der Waals surface area contributed by atoms with Gasteiger partial charge in [0.25, 0.3) is 11.8 Å². The highest BCUT2D eigenvalue weighted by atomic mass is 16.5. The number of benzene rings is 1. The Hall–Kier alpha value is -2.83. The van der Waals surface area contributed by atoms with Gasteiger partial charge in [-0.1, -0.05) is 25.5 Å². The Morgan fingerprint density at radius 3 is 2.39 bits per heavy atom. The van der Waals surface area contributed by atoms with Crippen LogP contribution in [-0.2, 0) is 14.3 Å². The van der Waals surface area contributed by atoms with Gasteiger partial charge >= 0.3 is 5.97 Å². The van der Waals surface area contributed by atoms with E-state index < -0.39 is 11.9 Å². The van der Waals surface area contributed by atoms with Gasteiger partial charge in [0.15, 0.2) is 6.61 Å². The van der Waals surface area contributed by atoms with E-state index in [-0.39, 0.29) is 19.1 Å². The van der Waals surface area contributed by atoms with Crippen molar-refractivity contribution in [2.75, 3.05) is 32.8 Å². The van der Waals surface area contributed by atoms with Crippen molar-refractivity contribution < 1.29 is 23.9 Å². The number of hydrogen-bond donors (Lipinski definition) is 1. The number of hydrogen-bond acceptors (Lipinski definition) is 5. The summed E-state index contributed by atoms with van der Waals surface area (Å²) >= 11 is 0. The first-order valence-electron chi connectivity index (χ1n) is 9.46. The number of nitrogens with zero attached hydrogens (tertiary/aromatic N) is 1. The number of carbonyl (C=O) groups is 3. The molecular weight excluding hydrogens is 360 g/mol. The lowest BCUT2D eigenvalue weighted by molar-refractivity contribution is -0.150. The zero-order chi connectivity index (χ0) is 20.9. The van der Waals surface area contributed by atoms with Crippen LogP contribution < -0.4 is 10.1 Å². The number of rotatable bonds is 12. The number of likely N-dealkylation sites (N-methyl/N-ethyl adjacent to an activating group) is 1. The van der Waals surface area contributed by atoms with Gasteiger partial charge in [-0.3, -0.25) is 14.4 Å². The fourth-order valence-electron chi connectivity index (χ4n) is 2.28. The highest BCUT2D eigenvalue weighted by molar-refractivity contribution is 5.96. The Morgan fingerprint density at radius 1 is 1.14 bits per heavy atom. The van der Waals surface area contributed by atoms with Crippen molar-refractivity contribution in [1.82, 2.24) is 10.2 Å². The van der Waals surface area contributed by atoms with E-state index in [0.29, 0.717) is 31.0 Å². The number of amides is 2. The number of esters is 1. The Morgan fingerprint density at radius 2 is 1.82 bits per heavy atom. The average Bonchev–Trinajstić information content (AvgIpc) is 2.68. The molecule has 2 amide bonds. The van der Waals surface area contributed by atoms with Gasteiger partial charge in [0.05, 0.1) is 6.61 Å². The first-order valence-corrected chi connectivity index (χ1v) is 9.46. The minimum Gasteiger partial charge on any atom is -0.494 e. The summed E-state index contributed by atoms with van der Waals surface area (Å²) in [5.74, 6) is -0.685. The predicted octanol–water partition coefficient (Wildman–Crippen LogP) is 2.56. The molecule has 1 N–H and O–H groups in total. The molecule has 0 aromatic heterocycles. The van der Waals surface area contributed by atoms with Gasteiger partial charge < -0.3 is 19.7 Å². The first-order chi connectivity index (χ1) is 13.4. The quantitative estimate of drug-likeness (QED) is 0.337. The maximum absolute atomic E-state index is 12.1. The zero-order valence-electron chi connectivity index (χ0n) is 17.0. The van der Waals surface area contributed by atoms with Crippen molar-refractivity contribution in [3.8, 4) is 5.75 Å². The Kier molecular flexibility index (Phi) is 10.4. The molecule has 0 heterocycles. The molecule has 0 saturated carbocycles. The molecule has 7 heteroatoms. The lowest BCUT2D eigenvalue weighted by atomic mass is 10.2. The Balaban J connectivity index is 2.38. The Bertz CT molecular complexity index is 670. The fourth-order valence-corrected chi connectivity index (χ4v) is 2.28. The van der Waals surface area contributed by atoms with Crippen molar-refractivity contribution in [1.29, 1.82) is 0 Å². The molecule has 0 radical (unpaired) electrons. The first kappa shape index (κ1) is 23.2. The van der Waals surface area contributed by atoms with Gasteiger partial charge in [0, 0.05) is 18.7 Å². The molecule has 154 valence electrons. The topological polar surface area (TPSA) is 84.9 Å². The van der Waals surface area contributed by atoms with Crippen molar-refractivity contribution in [2.45, 2.75) is 33.6 Å². The molecule has 1 aromatic rings. The summed E-state index contributed by atoms with van der Waals surface area (Å²) in [4.78, 5) is 37.4. The molecule has 0 aliphatic carbocycles. The summed E-state index contributed by atoms with van der Waals surface area (Å²) in [6.45, 7) is 10.4. The van der Waals surface area contributed by atoms with E-state index in [2.05, 4.69) is 18.8 Å². The van der Waals surface area contributed by atoms with Crippen LogP contribution in [0.2, 0.25) is 0 Å². The molecule has 1 rings (SSSR count). The van der Waals surface area contributed by atoms with Crippen LogP contribution in [0.15, 0.2) is 36.4 Å². The van der Waals surface area contributed by atoms with Crippen molar-refractivity contribution in [2.24, 2.45) is 0 Å². The third kappa shape index (κ3) is 8.70. The van der Waals surface area contributed by atoms with Crippen molar-refractivity contribution in [3.05, 3.63) is 42.0 Å². The normalized spacial score (nSPS) is 10.1. The van der Waals surface area contributed by atoms with E-state index in [4.69, 9.17) is 9.47 Å². The van der Waals surface area contributed by atoms with E-state index in [0.717, 1.165) is 18.4 Å². The van der Waals surface area contributed by atoms with Gasteiger partial charge in [0.1, 0.15) is 12.3 Å². The van der Waals surface area contributed by atoms with Crippen LogP contribution in [-0.4, -0.2) is 55.5 Å². The van der Waals surface area contributed by atoms with Crippen LogP contribution in [0.1, 0.15) is 44.0 Å². The largest absolute Gasteiger partial charge is 0.494 e. The molecule has 0 saturated heterocycles. The van der Waals surface area contributed by atoms with Crippen LogP contribution in [0.3, 0.4) is 0 Å². The summed E-state index contributed by atoms with van der Waals surface area (Å²) in [6.07, 6.45) is 2.02. The van der Waals surface area contributed by atoms with Gasteiger partial charge in [-0.2, -0.15) is 0 Å². The zero-order valence-corrected chi connectivity index (χ0v) is 17.0. The van der Waals surface area contributed by atoms with Crippen LogP contribution in [0.5, 0.6) is 5.75 Å². The maximum Gasteiger partial charge on any atom is 0.325 e. The molecule has 0 unspecified atom stereocenters. The van der Waals surface area contributed by atoms with Crippen LogP contribution in [0, 0.1) is 0 Å². The SMILES string of the molecule is C=C(C)CN(CC)C(=O)COC(=O)CNC(=O)c1ccc(OCCCC)cc1. The van der Waals surface area contributed by atoms with Crippen LogP contribution >= 0.6 is 0 Å². The molecule has 7 nitrogen and oxygen atoms in total. The van der Waals surface area contributed by atoms with Gasteiger partial charge in [-0.05, 0) is 44.5 Å². The minimum absolute atomic E-state index is 0.302. The second-order valence-electron chi connectivity index (χ2n) is 6.43. The minimum atomic E-state index is -0.674. The molecule has 0 spiro atoms. The summed E-state index contributed by atoms with van der Waals surface area (Å²) in [6, 6.07) is 6.68. The summed E-state index contributed by atoms with van der Waals surface area (Å²) < 4.78 is 10.5. The van der Waals surface area contributed by atoms with Crippen LogP contribution in [0.25, 0.3) is 0 Å². The van der Waals surface area contributed by atoms with Crippen molar-refractivity contribution >= 4 is 17.8 Å². The number of ether oxygens (including phenoxy) is 2. The van der Waals surface area contributed by atoms with Gasteiger partial charge in [-0.25, -0.2) is 0 Å². The second-order valence-corrected chi connectivity index (χ2v) is 6.43. The molecule has 0 atom stereocenters. The molecule has 0 aliphatic rings. The summed E-state index contributed by atoms with van der Waals surface area (Å²) in [7, 11) is 0. The average molecular weight is 390 g/mol. The van der Waals surface area contributed by atoms with E-state index in [1.54, 1.807) is 29.2 Å². The van der Waals surface area contributed by atoms with Crippen LogP contribution in [0.4, 0.5) is 0 Å². The standard InChI is InChI=1S/C21H30N2O5/c1-5-7-12-27-18-10-8-17(9-11-18)21(26)22-13-20(25)28-15-19(24)23(6-2)14-16(3)4/h8-11H,3,5-7,12-15H2,1-2,4H3,(H,22,26). The van der Waals surface area contributed by atoms with Gasteiger partial charge in [-0.15, -0.1) is 0 Å². The highest BCUT2D eigenvalue weighted by Crippen LogP contribution is 2.12. The lowest BCUT2D eigenvalue weighted by Crippen LogP contribution is -2.37. The molecule has 0 aliphatic heterocycles. The maximum atomic E-state index is 12.1. The third-order valence-corrected chi connectivity index (χ3v) is 3.83.